The molecule has 2 aromatic heterocycles. The lowest BCUT2D eigenvalue weighted by atomic mass is 9.53. The number of hydrazone groups is 1. The molecule has 3 fully saturated rings. The van der Waals surface area contributed by atoms with Crippen molar-refractivity contribution in [1.82, 2.24) is 13.9 Å². The molecule has 0 bridgehead atoms. The zero-order chi connectivity index (χ0) is 28.7. The molecule has 2 saturated carbocycles. The SMILES string of the molecule is C=[N+]1C=C(C)C(C2(c3cccc(-n4cc5c(C(F)(F)F)cc(CN6CCO[C@H](C)C6)cn5c4=O)c3)CC3(CC3)C2)=N1. The van der Waals surface area contributed by atoms with E-state index in [0.717, 1.165) is 34.1 Å². The van der Waals surface area contributed by atoms with E-state index < -0.39 is 17.4 Å². The molecule has 1 spiro atoms. The molecule has 0 N–H and O–H groups in total. The van der Waals surface area contributed by atoms with Gasteiger partial charge in [-0.1, -0.05) is 16.8 Å². The van der Waals surface area contributed by atoms with Gasteiger partial charge in [0.2, 0.25) is 6.20 Å². The predicted octanol–water partition coefficient (Wildman–Crippen LogP) is 5.13. The minimum Gasteiger partial charge on any atom is -0.376 e. The van der Waals surface area contributed by atoms with Crippen molar-refractivity contribution in [2.75, 3.05) is 19.7 Å². The van der Waals surface area contributed by atoms with E-state index in [9.17, 15) is 18.0 Å². The molecule has 1 aromatic carbocycles. The van der Waals surface area contributed by atoms with Crippen LogP contribution in [0.2, 0.25) is 0 Å². The van der Waals surface area contributed by atoms with Crippen molar-refractivity contribution in [3.63, 3.8) is 0 Å². The van der Waals surface area contributed by atoms with E-state index in [1.807, 2.05) is 38.2 Å². The normalized spacial score (nSPS) is 23.5. The van der Waals surface area contributed by atoms with E-state index in [-0.39, 0.29) is 17.0 Å². The van der Waals surface area contributed by atoms with Crippen LogP contribution in [0.15, 0.2) is 64.4 Å². The number of morpholine rings is 1. The summed E-state index contributed by atoms with van der Waals surface area (Å²) in [6, 6.07) is 8.82. The number of fused-ring (bicyclic) bond motifs is 1. The standard InChI is InChI=1S/C31H33F3N5O2/c1-20-13-36(3)35-27(20)30(18-29(19-30)7-8-29)23-5-4-6-24(12-23)38-17-26-25(31(32,33)34)11-22(16-39(26)28(38)40)15-37-9-10-41-21(2)14-37/h4-6,11-13,16-17,21H,3,7-10,14-15,18-19H2,1-2H3/q+1/t21-/m1/s1. The first kappa shape index (κ1) is 26.4. The molecule has 2 aliphatic heterocycles. The number of hydrogen-bond donors (Lipinski definition) is 0. The van der Waals surface area contributed by atoms with E-state index in [1.54, 1.807) is 16.9 Å². The fourth-order valence-corrected chi connectivity index (χ4v) is 7.25. The van der Waals surface area contributed by atoms with Gasteiger partial charge in [-0.15, -0.1) is 0 Å². The lowest BCUT2D eigenvalue weighted by molar-refractivity contribution is -0.449. The van der Waals surface area contributed by atoms with Crippen LogP contribution in [-0.2, 0) is 22.9 Å². The molecule has 0 amide bonds. The van der Waals surface area contributed by atoms with Crippen molar-refractivity contribution in [3.05, 3.63) is 81.7 Å². The molecule has 0 radical (unpaired) electrons. The molecule has 41 heavy (non-hydrogen) atoms. The first-order valence-electron chi connectivity index (χ1n) is 14.1. The molecule has 7 rings (SSSR count). The summed E-state index contributed by atoms with van der Waals surface area (Å²) in [6.45, 7) is 10.0. The Morgan fingerprint density at radius 1 is 1.20 bits per heavy atom. The highest BCUT2D eigenvalue weighted by atomic mass is 19.4. The number of allylic oxidation sites excluding steroid dienone is 1. The fourth-order valence-electron chi connectivity index (χ4n) is 7.25. The zero-order valence-corrected chi connectivity index (χ0v) is 23.2. The van der Waals surface area contributed by atoms with Crippen LogP contribution in [0.3, 0.4) is 0 Å². The number of hydrogen-bond acceptors (Lipinski definition) is 4. The summed E-state index contributed by atoms with van der Waals surface area (Å²) in [5.74, 6) is 0. The van der Waals surface area contributed by atoms with Crippen LogP contribution in [0, 0.1) is 5.41 Å². The molecule has 2 aliphatic carbocycles. The van der Waals surface area contributed by atoms with Gasteiger partial charge in [0.1, 0.15) is 5.71 Å². The summed E-state index contributed by atoms with van der Waals surface area (Å²) in [6.07, 6.45) is 4.51. The van der Waals surface area contributed by atoms with E-state index in [2.05, 4.69) is 11.6 Å². The van der Waals surface area contributed by atoms with Crippen LogP contribution in [0.1, 0.15) is 56.2 Å². The van der Waals surface area contributed by atoms with Gasteiger partial charge in [0.25, 0.3) is 0 Å². The van der Waals surface area contributed by atoms with Crippen LogP contribution < -0.4 is 5.69 Å². The van der Waals surface area contributed by atoms with Crippen LogP contribution in [-0.4, -0.2) is 56.8 Å². The highest BCUT2D eigenvalue weighted by molar-refractivity contribution is 6.08. The Morgan fingerprint density at radius 2 is 1.98 bits per heavy atom. The lowest BCUT2D eigenvalue weighted by Crippen LogP contribution is -2.49. The van der Waals surface area contributed by atoms with Crippen LogP contribution >= 0.6 is 0 Å². The van der Waals surface area contributed by atoms with Crippen molar-refractivity contribution in [3.8, 4) is 5.69 Å². The number of imidazole rings is 1. The minimum absolute atomic E-state index is 0.00513. The third kappa shape index (κ3) is 4.39. The van der Waals surface area contributed by atoms with Crippen molar-refractivity contribution in [2.24, 2.45) is 10.5 Å². The second kappa shape index (κ2) is 9.00. The number of rotatable bonds is 5. The maximum Gasteiger partial charge on any atom is 0.418 e. The maximum absolute atomic E-state index is 14.3. The molecule has 1 saturated heterocycles. The average molecular weight is 565 g/mol. The second-order valence-corrected chi connectivity index (χ2v) is 12.4. The summed E-state index contributed by atoms with van der Waals surface area (Å²) >= 11 is 0. The van der Waals surface area contributed by atoms with Crippen molar-refractivity contribution in [1.29, 1.82) is 0 Å². The largest absolute Gasteiger partial charge is 0.418 e. The predicted molar refractivity (Wildman–Crippen MR) is 150 cm³/mol. The molecule has 4 heterocycles. The van der Waals surface area contributed by atoms with Crippen LogP contribution in [0.25, 0.3) is 11.2 Å². The Labute approximate surface area is 235 Å². The number of alkyl halides is 3. The third-order valence-electron chi connectivity index (χ3n) is 9.25. The van der Waals surface area contributed by atoms with Gasteiger partial charge in [-0.05, 0) is 74.3 Å². The Hall–Kier alpha value is -3.50. The Kier molecular flexibility index (Phi) is 5.79. The van der Waals surface area contributed by atoms with Crippen LogP contribution in [0.4, 0.5) is 13.2 Å². The quantitative estimate of drug-likeness (QED) is 0.404. The lowest BCUT2D eigenvalue weighted by Gasteiger charge is -2.48. The molecule has 4 aliphatic rings. The Bertz CT molecular complexity index is 1700. The summed E-state index contributed by atoms with van der Waals surface area (Å²) in [5, 5.41) is 4.73. The van der Waals surface area contributed by atoms with Gasteiger partial charge in [0.05, 0.1) is 29.5 Å². The van der Waals surface area contributed by atoms with E-state index in [4.69, 9.17) is 9.84 Å². The topological polar surface area (TPSA) is 54.2 Å². The minimum atomic E-state index is -4.61. The van der Waals surface area contributed by atoms with E-state index >= 15 is 0 Å². The molecule has 3 aromatic rings. The summed E-state index contributed by atoms with van der Waals surface area (Å²) in [7, 11) is 0. The number of pyridine rings is 1. The average Bonchev–Trinajstić information content (AvgIpc) is 3.52. The molecule has 7 nitrogen and oxygen atoms in total. The van der Waals surface area contributed by atoms with E-state index in [1.165, 1.54) is 29.7 Å². The van der Waals surface area contributed by atoms with Crippen molar-refractivity contribution in [2.45, 2.75) is 63.8 Å². The molecular formula is C31H33F3N5O2+. The van der Waals surface area contributed by atoms with Gasteiger partial charge in [0.15, 0.2) is 6.72 Å². The van der Waals surface area contributed by atoms with Gasteiger partial charge in [-0.2, -0.15) is 13.2 Å². The smallest absolute Gasteiger partial charge is 0.376 e. The third-order valence-corrected chi connectivity index (χ3v) is 9.25. The number of benzene rings is 1. The van der Waals surface area contributed by atoms with Gasteiger partial charge in [-0.3, -0.25) is 13.9 Å². The fraction of sp³-hybridized carbons (Fsp3) is 0.452. The zero-order valence-electron chi connectivity index (χ0n) is 23.2. The first-order valence-corrected chi connectivity index (χ1v) is 14.1. The van der Waals surface area contributed by atoms with Crippen LogP contribution in [0.5, 0.6) is 0 Å². The Morgan fingerprint density at radius 3 is 2.63 bits per heavy atom. The number of halogens is 3. The van der Waals surface area contributed by atoms with Crippen molar-refractivity contribution < 1.29 is 22.6 Å². The van der Waals surface area contributed by atoms with Gasteiger partial charge in [-0.25, -0.2) is 4.79 Å². The first-order chi connectivity index (χ1) is 19.5. The van der Waals surface area contributed by atoms with Crippen molar-refractivity contribution >= 4 is 17.9 Å². The highest BCUT2D eigenvalue weighted by Crippen LogP contribution is 2.70. The monoisotopic (exact) mass is 564 g/mol. The summed E-state index contributed by atoms with van der Waals surface area (Å²) in [5.41, 5.74) is 2.59. The molecule has 214 valence electrons. The summed E-state index contributed by atoms with van der Waals surface area (Å²) in [4.78, 5) is 15.7. The molecule has 0 unspecified atom stereocenters. The summed E-state index contributed by atoms with van der Waals surface area (Å²) < 4.78 is 52.5. The molecular weight excluding hydrogens is 531 g/mol. The second-order valence-electron chi connectivity index (χ2n) is 12.4. The van der Waals surface area contributed by atoms with E-state index in [0.29, 0.717) is 42.9 Å². The Balaban J connectivity index is 1.31. The maximum atomic E-state index is 14.3. The van der Waals surface area contributed by atoms with Gasteiger partial charge in [0, 0.05) is 48.1 Å². The molecule has 10 heteroatoms. The highest BCUT2D eigenvalue weighted by Gasteiger charge is 2.64. The number of nitrogens with zero attached hydrogens (tertiary/aromatic N) is 5. The number of ether oxygens (including phenoxy) is 1. The number of aromatic nitrogens is 2. The molecule has 1 atom stereocenters. The van der Waals surface area contributed by atoms with Gasteiger partial charge < -0.3 is 4.74 Å². The van der Waals surface area contributed by atoms with Gasteiger partial charge >= 0.3 is 11.9 Å².